The highest BCUT2D eigenvalue weighted by Gasteiger charge is 2.32. The lowest BCUT2D eigenvalue weighted by Crippen LogP contribution is -2.42. The molecule has 0 aromatic heterocycles. The number of benzene rings is 2. The monoisotopic (exact) mass is 411 g/mol. The fourth-order valence-electron chi connectivity index (χ4n) is 2.72. The predicted octanol–water partition coefficient (Wildman–Crippen LogP) is 2.28. The summed E-state index contributed by atoms with van der Waals surface area (Å²) in [5.41, 5.74) is 0.315. The second-order valence-corrected chi connectivity index (χ2v) is 7.01. The van der Waals surface area contributed by atoms with Crippen LogP contribution in [0.5, 0.6) is 0 Å². The predicted molar refractivity (Wildman–Crippen MR) is 106 cm³/mol. The van der Waals surface area contributed by atoms with Gasteiger partial charge in [0.1, 0.15) is 6.04 Å². The normalized spacial score (nSPS) is 14.8. The molecule has 30 heavy (non-hydrogen) atoms. The lowest BCUT2D eigenvalue weighted by molar-refractivity contribution is -0.384. The zero-order valence-electron chi connectivity index (χ0n) is 16.2. The van der Waals surface area contributed by atoms with E-state index in [0.717, 1.165) is 18.9 Å². The van der Waals surface area contributed by atoms with Crippen LogP contribution in [0.25, 0.3) is 0 Å². The van der Waals surface area contributed by atoms with Crippen LogP contribution in [-0.2, 0) is 14.3 Å². The van der Waals surface area contributed by atoms with Crippen molar-refractivity contribution in [3.63, 3.8) is 0 Å². The van der Waals surface area contributed by atoms with Crippen molar-refractivity contribution in [3.05, 3.63) is 75.8 Å². The quantitative estimate of drug-likeness (QED) is 0.390. The Morgan fingerprint density at radius 2 is 1.80 bits per heavy atom. The topological polar surface area (TPSA) is 128 Å². The van der Waals surface area contributed by atoms with Crippen molar-refractivity contribution in [2.75, 3.05) is 0 Å². The molecule has 3 rings (SSSR count). The molecule has 0 spiro atoms. The molecule has 9 nitrogen and oxygen atoms in total. The number of carbonyl (C=O) groups is 3. The van der Waals surface area contributed by atoms with Crippen molar-refractivity contribution in [1.82, 2.24) is 10.6 Å². The summed E-state index contributed by atoms with van der Waals surface area (Å²) in [4.78, 5) is 47.7. The third-order valence-corrected chi connectivity index (χ3v) is 4.52. The molecule has 9 heteroatoms. The molecule has 0 aliphatic heterocycles. The molecular formula is C21H21N3O6. The molecule has 2 amide bonds. The molecule has 0 unspecified atom stereocenters. The fourth-order valence-corrected chi connectivity index (χ4v) is 2.72. The maximum atomic E-state index is 12.6. The molecule has 0 radical (unpaired) electrons. The van der Waals surface area contributed by atoms with E-state index in [1.54, 1.807) is 30.3 Å². The Balaban J connectivity index is 1.67. The maximum Gasteiger partial charge on any atom is 0.329 e. The molecule has 1 saturated carbocycles. The van der Waals surface area contributed by atoms with Crippen molar-refractivity contribution in [1.29, 1.82) is 0 Å². The molecule has 156 valence electrons. The Hall–Kier alpha value is -3.75. The van der Waals surface area contributed by atoms with Gasteiger partial charge in [-0.15, -0.1) is 0 Å². The summed E-state index contributed by atoms with van der Waals surface area (Å²) < 4.78 is 5.41. The standard InChI is InChI=1S/C21H21N3O6/c1-13(22-19(25)15-8-5-9-17(12-15)24(28)29)21(27)30-18(14-6-3-2-4-7-14)20(26)23-16-10-11-16/h2-9,12-13,16,18H,10-11H2,1H3,(H,22,25)(H,23,26)/t13-,18-/m0/s1. The summed E-state index contributed by atoms with van der Waals surface area (Å²) in [6, 6.07) is 12.8. The average molecular weight is 411 g/mol. The smallest absolute Gasteiger partial charge is 0.329 e. The highest BCUT2D eigenvalue weighted by atomic mass is 16.6. The third kappa shape index (κ3) is 5.40. The minimum Gasteiger partial charge on any atom is -0.446 e. The Kier molecular flexibility index (Phi) is 6.41. The van der Waals surface area contributed by atoms with Gasteiger partial charge in [0.2, 0.25) is 6.10 Å². The molecule has 1 aliphatic rings. The van der Waals surface area contributed by atoms with Gasteiger partial charge in [-0.25, -0.2) is 4.79 Å². The van der Waals surface area contributed by atoms with Crippen molar-refractivity contribution in [3.8, 4) is 0 Å². The molecule has 2 aromatic carbocycles. The van der Waals surface area contributed by atoms with Crippen LogP contribution in [-0.4, -0.2) is 34.8 Å². The highest BCUT2D eigenvalue weighted by Crippen LogP contribution is 2.23. The first-order valence-corrected chi connectivity index (χ1v) is 9.46. The van der Waals surface area contributed by atoms with Gasteiger partial charge in [0.05, 0.1) is 4.92 Å². The first-order valence-electron chi connectivity index (χ1n) is 9.46. The summed E-state index contributed by atoms with van der Waals surface area (Å²) in [5.74, 6) is -1.88. The molecule has 2 aromatic rings. The lowest BCUT2D eigenvalue weighted by Gasteiger charge is -2.20. The van der Waals surface area contributed by atoms with E-state index in [4.69, 9.17) is 4.74 Å². The number of esters is 1. The van der Waals surface area contributed by atoms with E-state index >= 15 is 0 Å². The molecule has 1 aliphatic carbocycles. The van der Waals surface area contributed by atoms with Crippen LogP contribution in [0.15, 0.2) is 54.6 Å². The number of amides is 2. The van der Waals surface area contributed by atoms with Crippen LogP contribution < -0.4 is 10.6 Å². The molecule has 2 N–H and O–H groups in total. The minimum atomic E-state index is -1.14. The van der Waals surface area contributed by atoms with Crippen LogP contribution in [0, 0.1) is 10.1 Å². The minimum absolute atomic E-state index is 0.0370. The van der Waals surface area contributed by atoms with Crippen LogP contribution in [0.4, 0.5) is 5.69 Å². The highest BCUT2D eigenvalue weighted by molar-refractivity contribution is 5.97. The number of carbonyl (C=O) groups excluding carboxylic acids is 3. The van der Waals surface area contributed by atoms with Gasteiger partial charge in [-0.05, 0) is 25.8 Å². The van der Waals surface area contributed by atoms with Crippen LogP contribution in [0.1, 0.15) is 41.8 Å². The van der Waals surface area contributed by atoms with E-state index in [1.165, 1.54) is 25.1 Å². The molecular weight excluding hydrogens is 390 g/mol. The summed E-state index contributed by atoms with van der Waals surface area (Å²) in [6.45, 7) is 1.42. The fraction of sp³-hybridized carbons (Fsp3) is 0.286. The first kappa shape index (κ1) is 21.0. The zero-order chi connectivity index (χ0) is 21.7. The maximum absolute atomic E-state index is 12.6. The van der Waals surface area contributed by atoms with Gasteiger partial charge in [-0.1, -0.05) is 36.4 Å². The van der Waals surface area contributed by atoms with Gasteiger partial charge in [0, 0.05) is 29.3 Å². The largest absolute Gasteiger partial charge is 0.446 e. The van der Waals surface area contributed by atoms with E-state index in [0.29, 0.717) is 5.56 Å². The van der Waals surface area contributed by atoms with Crippen molar-refractivity contribution in [2.45, 2.75) is 38.0 Å². The number of nitro groups is 1. The number of nitrogens with one attached hydrogen (secondary N) is 2. The average Bonchev–Trinajstić information content (AvgIpc) is 3.56. The van der Waals surface area contributed by atoms with Gasteiger partial charge < -0.3 is 15.4 Å². The van der Waals surface area contributed by atoms with Crippen LogP contribution in [0.3, 0.4) is 0 Å². The number of rotatable bonds is 8. The van der Waals surface area contributed by atoms with Crippen LogP contribution in [0.2, 0.25) is 0 Å². The third-order valence-electron chi connectivity index (χ3n) is 4.52. The summed E-state index contributed by atoms with van der Waals surface area (Å²) in [7, 11) is 0. The number of nitro benzene ring substituents is 1. The number of ether oxygens (including phenoxy) is 1. The van der Waals surface area contributed by atoms with Gasteiger partial charge >= 0.3 is 5.97 Å². The van der Waals surface area contributed by atoms with Crippen molar-refractivity contribution >= 4 is 23.5 Å². The number of nitrogens with zero attached hydrogens (tertiary/aromatic N) is 1. The summed E-state index contributed by atoms with van der Waals surface area (Å²) >= 11 is 0. The van der Waals surface area contributed by atoms with Gasteiger partial charge in [-0.3, -0.25) is 19.7 Å². The molecule has 0 saturated heterocycles. The van der Waals surface area contributed by atoms with Crippen molar-refractivity contribution < 1.29 is 24.0 Å². The number of non-ortho nitro benzene ring substituents is 1. The first-order chi connectivity index (χ1) is 14.3. The Morgan fingerprint density at radius 3 is 2.43 bits per heavy atom. The summed E-state index contributed by atoms with van der Waals surface area (Å²) in [5, 5.41) is 16.1. The summed E-state index contributed by atoms with van der Waals surface area (Å²) in [6.07, 6.45) is 0.629. The van der Waals surface area contributed by atoms with Gasteiger partial charge in [0.15, 0.2) is 0 Å². The van der Waals surface area contributed by atoms with E-state index in [2.05, 4.69) is 10.6 Å². The van der Waals surface area contributed by atoms with Gasteiger partial charge in [-0.2, -0.15) is 0 Å². The molecule has 2 atom stereocenters. The van der Waals surface area contributed by atoms with E-state index in [-0.39, 0.29) is 17.3 Å². The SMILES string of the molecule is C[C@H](NC(=O)c1cccc([N+](=O)[O-])c1)C(=O)O[C@H](C(=O)NC1CC1)c1ccccc1. The van der Waals surface area contributed by atoms with Crippen LogP contribution >= 0.6 is 0 Å². The zero-order valence-corrected chi connectivity index (χ0v) is 16.2. The van der Waals surface area contributed by atoms with E-state index in [9.17, 15) is 24.5 Å². The van der Waals surface area contributed by atoms with Gasteiger partial charge in [0.25, 0.3) is 17.5 Å². The van der Waals surface area contributed by atoms with Crippen molar-refractivity contribution in [2.24, 2.45) is 0 Å². The second kappa shape index (κ2) is 9.17. The Morgan fingerprint density at radius 1 is 1.10 bits per heavy atom. The number of hydrogen-bond donors (Lipinski definition) is 2. The lowest BCUT2D eigenvalue weighted by atomic mass is 10.1. The van der Waals surface area contributed by atoms with E-state index < -0.39 is 34.9 Å². The Labute approximate surface area is 172 Å². The second-order valence-electron chi connectivity index (χ2n) is 7.01. The number of hydrogen-bond acceptors (Lipinski definition) is 6. The van der Waals surface area contributed by atoms with E-state index in [1.807, 2.05) is 0 Å². The molecule has 0 heterocycles. The Bertz CT molecular complexity index is 958. The molecule has 0 bridgehead atoms. The molecule has 1 fully saturated rings.